The fourth-order valence-electron chi connectivity index (χ4n) is 3.66. The van der Waals surface area contributed by atoms with Crippen LogP contribution >= 0.6 is 0 Å². The van der Waals surface area contributed by atoms with Crippen molar-refractivity contribution in [3.63, 3.8) is 0 Å². The van der Waals surface area contributed by atoms with E-state index in [1.807, 2.05) is 44.4 Å². The average molecular weight is 425 g/mol. The molecule has 2 aromatic carbocycles. The summed E-state index contributed by atoms with van der Waals surface area (Å²) in [5.74, 6) is -1.20. The summed E-state index contributed by atoms with van der Waals surface area (Å²) in [4.78, 5) is 28.9. The lowest BCUT2D eigenvalue weighted by molar-refractivity contribution is -0.139. The molecule has 2 aromatic rings. The molecule has 1 fully saturated rings. The summed E-state index contributed by atoms with van der Waals surface area (Å²) in [7, 11) is 4.01. The molecule has 0 bridgehead atoms. The second kappa shape index (κ2) is 11.5. The lowest BCUT2D eigenvalue weighted by atomic mass is 10.0. The molecule has 0 aliphatic carbocycles. The first-order valence-corrected chi connectivity index (χ1v) is 10.7. The lowest BCUT2D eigenvalue weighted by Crippen LogP contribution is -2.47. The van der Waals surface area contributed by atoms with Crippen molar-refractivity contribution >= 4 is 17.5 Å². The van der Waals surface area contributed by atoms with E-state index >= 15 is 0 Å². The molecule has 0 aromatic heterocycles. The number of amides is 2. The molecule has 0 saturated carbocycles. The van der Waals surface area contributed by atoms with E-state index in [-0.39, 0.29) is 6.04 Å². The van der Waals surface area contributed by atoms with Crippen LogP contribution in [0.3, 0.4) is 0 Å². The number of anilines is 1. The summed E-state index contributed by atoms with van der Waals surface area (Å²) < 4.78 is 5.48. The fraction of sp³-hybridized carbons (Fsp3) is 0.417. The third-order valence-electron chi connectivity index (χ3n) is 5.48. The number of hydrogen-bond donors (Lipinski definition) is 2. The van der Waals surface area contributed by atoms with E-state index in [9.17, 15) is 9.59 Å². The smallest absolute Gasteiger partial charge is 0.309 e. The zero-order valence-electron chi connectivity index (χ0n) is 18.3. The Kier molecular flexibility index (Phi) is 8.44. The van der Waals surface area contributed by atoms with Crippen LogP contribution in [0.15, 0.2) is 54.6 Å². The van der Waals surface area contributed by atoms with Gasteiger partial charge in [0.1, 0.15) is 0 Å². The minimum atomic E-state index is -0.601. The number of benzene rings is 2. The maximum atomic E-state index is 12.4. The van der Waals surface area contributed by atoms with Crippen LogP contribution in [0.25, 0.3) is 0 Å². The number of morpholine rings is 1. The number of nitrogens with one attached hydrogen (secondary N) is 2. The lowest BCUT2D eigenvalue weighted by Gasteiger charge is -2.35. The maximum Gasteiger partial charge on any atom is 0.309 e. The zero-order valence-corrected chi connectivity index (χ0v) is 18.3. The summed E-state index contributed by atoms with van der Waals surface area (Å²) in [5.41, 5.74) is 3.35. The van der Waals surface area contributed by atoms with Gasteiger partial charge in [0.2, 0.25) is 0 Å². The molecule has 7 heteroatoms. The van der Waals surface area contributed by atoms with Crippen LogP contribution < -0.4 is 15.5 Å². The van der Waals surface area contributed by atoms with E-state index in [0.29, 0.717) is 32.7 Å². The highest BCUT2D eigenvalue weighted by atomic mass is 16.5. The molecule has 1 atom stereocenters. The Morgan fingerprint density at radius 3 is 2.26 bits per heavy atom. The Morgan fingerprint density at radius 1 is 0.968 bits per heavy atom. The molecular formula is C24H32N4O3. The summed E-state index contributed by atoms with van der Waals surface area (Å²) in [6.07, 6.45) is 0.689. The van der Waals surface area contributed by atoms with Gasteiger partial charge in [0.05, 0.1) is 19.3 Å². The van der Waals surface area contributed by atoms with Gasteiger partial charge in [0.25, 0.3) is 0 Å². The molecule has 7 nitrogen and oxygen atoms in total. The van der Waals surface area contributed by atoms with Gasteiger partial charge < -0.3 is 20.3 Å². The molecule has 3 rings (SSSR count). The first-order valence-electron chi connectivity index (χ1n) is 10.7. The second-order valence-electron chi connectivity index (χ2n) is 7.85. The molecule has 1 aliphatic rings. The second-order valence-corrected chi connectivity index (χ2v) is 7.85. The zero-order chi connectivity index (χ0) is 22.1. The molecule has 0 spiro atoms. The van der Waals surface area contributed by atoms with Gasteiger partial charge in [-0.05, 0) is 29.7 Å². The van der Waals surface area contributed by atoms with Gasteiger partial charge in [-0.2, -0.15) is 0 Å². The van der Waals surface area contributed by atoms with E-state index in [4.69, 9.17) is 4.74 Å². The topological polar surface area (TPSA) is 73.9 Å². The third-order valence-corrected chi connectivity index (χ3v) is 5.48. The van der Waals surface area contributed by atoms with Crippen LogP contribution in [-0.2, 0) is 20.7 Å². The number of ether oxygens (including phenoxy) is 1. The molecule has 1 aliphatic heterocycles. The van der Waals surface area contributed by atoms with E-state index in [0.717, 1.165) is 29.9 Å². The molecule has 2 amide bonds. The number of carbonyl (C=O) groups is 2. The van der Waals surface area contributed by atoms with Crippen LogP contribution in [0.2, 0.25) is 0 Å². The van der Waals surface area contributed by atoms with Crippen molar-refractivity contribution < 1.29 is 14.3 Å². The summed E-state index contributed by atoms with van der Waals surface area (Å²) in [5, 5.41) is 5.52. The molecule has 0 unspecified atom stereocenters. The van der Waals surface area contributed by atoms with Crippen LogP contribution in [0.4, 0.5) is 5.69 Å². The fourth-order valence-corrected chi connectivity index (χ4v) is 3.66. The van der Waals surface area contributed by atoms with E-state index in [1.54, 1.807) is 0 Å². The Hall–Kier alpha value is -2.90. The molecule has 31 heavy (non-hydrogen) atoms. The summed E-state index contributed by atoms with van der Waals surface area (Å²) in [6.45, 7) is 3.71. The minimum absolute atomic E-state index is 0.0128. The molecule has 0 radical (unpaired) electrons. The van der Waals surface area contributed by atoms with Crippen LogP contribution in [0.1, 0.15) is 17.2 Å². The van der Waals surface area contributed by atoms with Gasteiger partial charge in [0, 0.05) is 46.0 Å². The average Bonchev–Trinajstić information content (AvgIpc) is 2.80. The summed E-state index contributed by atoms with van der Waals surface area (Å²) >= 11 is 0. The van der Waals surface area contributed by atoms with Crippen molar-refractivity contribution in [1.29, 1.82) is 0 Å². The van der Waals surface area contributed by atoms with Gasteiger partial charge in [-0.1, -0.05) is 42.5 Å². The van der Waals surface area contributed by atoms with Crippen molar-refractivity contribution in [2.75, 3.05) is 58.4 Å². The van der Waals surface area contributed by atoms with Crippen LogP contribution in [-0.4, -0.2) is 70.2 Å². The SMILES string of the molecule is CN(C)c1ccc([C@H](CNC(=O)C(=O)NCCc2ccccc2)N2CCOCC2)cc1. The van der Waals surface area contributed by atoms with Crippen molar-refractivity contribution in [3.8, 4) is 0 Å². The molecule has 1 saturated heterocycles. The van der Waals surface area contributed by atoms with E-state index in [2.05, 4.69) is 44.7 Å². The van der Waals surface area contributed by atoms with Crippen LogP contribution in [0.5, 0.6) is 0 Å². The summed E-state index contributed by atoms with van der Waals surface area (Å²) in [6, 6.07) is 18.2. The van der Waals surface area contributed by atoms with Gasteiger partial charge in [0.15, 0.2) is 0 Å². The quantitative estimate of drug-likeness (QED) is 0.630. The standard InChI is InChI=1S/C24H32N4O3/c1-27(2)21-10-8-20(9-11-21)22(28-14-16-31-17-15-28)18-26-24(30)23(29)25-13-12-19-6-4-3-5-7-19/h3-11,22H,12-18H2,1-2H3,(H,25,29)(H,26,30)/t22-/m0/s1. The Labute approximate surface area is 184 Å². The Morgan fingerprint density at radius 2 is 1.61 bits per heavy atom. The normalized spacial score (nSPS) is 15.2. The van der Waals surface area contributed by atoms with Crippen molar-refractivity contribution in [1.82, 2.24) is 15.5 Å². The Bertz CT molecular complexity index is 834. The highest BCUT2D eigenvalue weighted by Crippen LogP contribution is 2.23. The predicted octanol–water partition coefficient (Wildman–Crippen LogP) is 1.60. The van der Waals surface area contributed by atoms with Crippen LogP contribution in [0, 0.1) is 0 Å². The molecular weight excluding hydrogens is 392 g/mol. The van der Waals surface area contributed by atoms with Gasteiger partial charge >= 0.3 is 11.8 Å². The minimum Gasteiger partial charge on any atom is -0.379 e. The van der Waals surface area contributed by atoms with Crippen molar-refractivity contribution in [2.24, 2.45) is 0 Å². The maximum absolute atomic E-state index is 12.4. The largest absolute Gasteiger partial charge is 0.379 e. The first kappa shape index (κ1) is 22.8. The van der Waals surface area contributed by atoms with Crippen molar-refractivity contribution in [3.05, 3.63) is 65.7 Å². The first-order chi connectivity index (χ1) is 15.0. The van der Waals surface area contributed by atoms with Crippen molar-refractivity contribution in [2.45, 2.75) is 12.5 Å². The van der Waals surface area contributed by atoms with Gasteiger partial charge in [-0.3, -0.25) is 14.5 Å². The third kappa shape index (κ3) is 6.80. The highest BCUT2D eigenvalue weighted by molar-refractivity contribution is 6.35. The molecule has 166 valence electrons. The predicted molar refractivity (Wildman–Crippen MR) is 122 cm³/mol. The number of nitrogens with zero attached hydrogens (tertiary/aromatic N) is 2. The highest BCUT2D eigenvalue weighted by Gasteiger charge is 2.24. The Balaban J connectivity index is 1.56. The van der Waals surface area contributed by atoms with Gasteiger partial charge in [-0.15, -0.1) is 0 Å². The molecule has 1 heterocycles. The number of hydrogen-bond acceptors (Lipinski definition) is 5. The number of carbonyl (C=O) groups excluding carboxylic acids is 2. The van der Waals surface area contributed by atoms with E-state index in [1.165, 1.54) is 0 Å². The monoisotopic (exact) mass is 424 g/mol. The van der Waals surface area contributed by atoms with Gasteiger partial charge in [-0.25, -0.2) is 0 Å². The van der Waals surface area contributed by atoms with E-state index < -0.39 is 11.8 Å². The molecule has 2 N–H and O–H groups in total. The number of rotatable bonds is 8.